The molecule has 1 amide bonds. The third-order valence-corrected chi connectivity index (χ3v) is 5.25. The van der Waals surface area contributed by atoms with Crippen LogP contribution in [0.3, 0.4) is 0 Å². The zero-order chi connectivity index (χ0) is 18.8. The third kappa shape index (κ3) is 3.66. The number of hydrogen-bond acceptors (Lipinski definition) is 5. The average molecular weight is 387 g/mol. The summed E-state index contributed by atoms with van der Waals surface area (Å²) in [6.45, 7) is -0.422. The number of carbonyl (C=O) groups excluding carboxylic acids is 1. The largest absolute Gasteiger partial charge is 0.480 e. The number of thiocarbonyl (C=S) groups is 1. The van der Waals surface area contributed by atoms with Crippen LogP contribution in [0.25, 0.3) is 11.8 Å². The molecule has 3 rings (SSSR count). The summed E-state index contributed by atoms with van der Waals surface area (Å²) < 4.78 is 2.22. The molecule has 1 aliphatic rings. The second kappa shape index (κ2) is 7.35. The van der Waals surface area contributed by atoms with Crippen molar-refractivity contribution < 1.29 is 14.7 Å². The minimum Gasteiger partial charge on any atom is -0.480 e. The van der Waals surface area contributed by atoms with Gasteiger partial charge in [-0.05, 0) is 42.5 Å². The van der Waals surface area contributed by atoms with Crippen LogP contribution in [0.1, 0.15) is 5.69 Å². The summed E-state index contributed by atoms with van der Waals surface area (Å²) in [6.07, 6.45) is 3.65. The first kappa shape index (κ1) is 18.2. The highest BCUT2D eigenvalue weighted by Crippen LogP contribution is 2.32. The Hall–Kier alpha value is -2.58. The predicted molar refractivity (Wildman–Crippen MR) is 108 cm³/mol. The second-order valence-electron chi connectivity index (χ2n) is 5.88. The van der Waals surface area contributed by atoms with E-state index in [1.165, 1.54) is 0 Å². The maximum atomic E-state index is 12.4. The molecule has 0 saturated carbocycles. The molecule has 134 valence electrons. The molecule has 1 fully saturated rings. The van der Waals surface area contributed by atoms with E-state index in [4.69, 9.17) is 17.3 Å². The van der Waals surface area contributed by atoms with Gasteiger partial charge in [0.05, 0.1) is 4.91 Å². The topological polar surface area (TPSA) is 65.8 Å². The molecule has 0 unspecified atom stereocenters. The van der Waals surface area contributed by atoms with E-state index in [9.17, 15) is 9.59 Å². The van der Waals surface area contributed by atoms with Gasteiger partial charge in [-0.15, -0.1) is 0 Å². The number of amides is 1. The predicted octanol–water partition coefficient (Wildman–Crippen LogP) is 2.83. The van der Waals surface area contributed by atoms with Gasteiger partial charge in [0.25, 0.3) is 5.91 Å². The molecule has 0 aliphatic carbocycles. The number of benzene rings is 1. The van der Waals surface area contributed by atoms with Crippen LogP contribution in [0, 0.1) is 0 Å². The van der Waals surface area contributed by atoms with Crippen LogP contribution in [-0.2, 0) is 9.59 Å². The van der Waals surface area contributed by atoms with Crippen molar-refractivity contribution in [1.82, 2.24) is 9.47 Å². The van der Waals surface area contributed by atoms with Gasteiger partial charge in [0.15, 0.2) is 0 Å². The molecule has 2 aromatic rings. The van der Waals surface area contributed by atoms with E-state index < -0.39 is 12.5 Å². The number of aromatic nitrogens is 1. The Bertz CT molecular complexity index is 901. The fraction of sp³-hybridized carbons (Fsp3) is 0.167. The lowest BCUT2D eigenvalue weighted by atomic mass is 10.2. The highest BCUT2D eigenvalue weighted by molar-refractivity contribution is 8.26. The Morgan fingerprint density at radius 3 is 2.58 bits per heavy atom. The number of rotatable bonds is 5. The molecule has 8 heteroatoms. The number of carboxylic acids is 1. The maximum absolute atomic E-state index is 12.4. The molecule has 0 spiro atoms. The van der Waals surface area contributed by atoms with Crippen molar-refractivity contribution in [2.24, 2.45) is 0 Å². The second-order valence-corrected chi connectivity index (χ2v) is 7.55. The summed E-state index contributed by atoms with van der Waals surface area (Å²) >= 11 is 6.24. The van der Waals surface area contributed by atoms with Gasteiger partial charge in [-0.3, -0.25) is 14.5 Å². The molecule has 0 atom stereocenters. The number of thioether (sulfide) groups is 1. The van der Waals surface area contributed by atoms with Crippen molar-refractivity contribution >= 4 is 51.9 Å². The molecule has 1 saturated heterocycles. The lowest BCUT2D eigenvalue weighted by Gasteiger charge is -2.14. The van der Waals surface area contributed by atoms with E-state index >= 15 is 0 Å². The van der Waals surface area contributed by atoms with E-state index in [0.29, 0.717) is 4.91 Å². The minimum absolute atomic E-state index is 0.261. The van der Waals surface area contributed by atoms with E-state index in [1.807, 2.05) is 66.2 Å². The van der Waals surface area contributed by atoms with Crippen molar-refractivity contribution in [2.45, 2.75) is 0 Å². The summed E-state index contributed by atoms with van der Waals surface area (Å²) in [6, 6.07) is 11.8. The summed E-state index contributed by atoms with van der Waals surface area (Å²) in [5.41, 5.74) is 2.88. The Labute approximate surface area is 160 Å². The van der Waals surface area contributed by atoms with Crippen LogP contribution in [0.4, 0.5) is 5.69 Å². The Morgan fingerprint density at radius 1 is 1.27 bits per heavy atom. The molecular weight excluding hydrogens is 370 g/mol. The molecule has 6 nitrogen and oxygen atoms in total. The minimum atomic E-state index is -1.09. The van der Waals surface area contributed by atoms with E-state index in [0.717, 1.165) is 33.7 Å². The molecule has 1 aromatic carbocycles. The molecule has 26 heavy (non-hydrogen) atoms. The first-order valence-corrected chi connectivity index (χ1v) is 9.01. The SMILES string of the molecule is CN(C)c1ccc(-n2cccc2/C=C2/SC(=S)N(CC(=O)O)C2=O)cc1. The quantitative estimate of drug-likeness (QED) is 0.629. The lowest BCUT2D eigenvalue weighted by molar-refractivity contribution is -0.140. The van der Waals surface area contributed by atoms with Gasteiger partial charge < -0.3 is 14.6 Å². The monoisotopic (exact) mass is 387 g/mol. The number of aliphatic carboxylic acids is 1. The molecule has 1 aromatic heterocycles. The fourth-order valence-corrected chi connectivity index (χ4v) is 3.80. The van der Waals surface area contributed by atoms with Crippen LogP contribution < -0.4 is 4.90 Å². The Balaban J connectivity index is 1.89. The van der Waals surface area contributed by atoms with Crippen molar-refractivity contribution in [3.8, 4) is 5.69 Å². The zero-order valence-electron chi connectivity index (χ0n) is 14.2. The normalized spacial score (nSPS) is 15.8. The van der Waals surface area contributed by atoms with Crippen LogP contribution in [0.5, 0.6) is 0 Å². The first-order chi connectivity index (χ1) is 12.4. The molecule has 1 N–H and O–H groups in total. The van der Waals surface area contributed by atoms with Gasteiger partial charge in [-0.1, -0.05) is 24.0 Å². The molecular formula is C18H17N3O3S2. The Kier molecular flexibility index (Phi) is 5.15. The van der Waals surface area contributed by atoms with Gasteiger partial charge in [0.1, 0.15) is 10.9 Å². The number of carboxylic acid groups (broad SMARTS) is 1. The number of hydrogen-bond donors (Lipinski definition) is 1. The summed E-state index contributed by atoms with van der Waals surface area (Å²) in [5, 5.41) is 8.92. The van der Waals surface area contributed by atoms with Crippen LogP contribution in [-0.4, -0.2) is 51.4 Å². The smallest absolute Gasteiger partial charge is 0.323 e. The van der Waals surface area contributed by atoms with Crippen LogP contribution >= 0.6 is 24.0 Å². The van der Waals surface area contributed by atoms with Crippen LogP contribution in [0.2, 0.25) is 0 Å². The molecule has 0 radical (unpaired) electrons. The number of anilines is 1. The summed E-state index contributed by atoms with van der Waals surface area (Å²) in [5.74, 6) is -1.47. The third-order valence-electron chi connectivity index (χ3n) is 3.87. The van der Waals surface area contributed by atoms with E-state index in [1.54, 1.807) is 6.08 Å². The standard InChI is InChI=1S/C18H17N3O3S2/c1-19(2)12-5-7-13(8-6-12)20-9-3-4-14(20)10-15-17(24)21(11-16(22)23)18(25)26-15/h3-10H,11H2,1-2H3,(H,22,23)/b15-10+. The first-order valence-electron chi connectivity index (χ1n) is 7.79. The number of nitrogens with zero attached hydrogens (tertiary/aromatic N) is 3. The van der Waals surface area contributed by atoms with E-state index in [-0.39, 0.29) is 10.2 Å². The maximum Gasteiger partial charge on any atom is 0.323 e. The molecule has 0 bridgehead atoms. The van der Waals surface area contributed by atoms with Crippen LogP contribution in [0.15, 0.2) is 47.5 Å². The van der Waals surface area contributed by atoms with Crippen molar-refractivity contribution in [2.75, 3.05) is 25.5 Å². The van der Waals surface area contributed by atoms with Gasteiger partial charge in [0.2, 0.25) is 0 Å². The fourth-order valence-electron chi connectivity index (χ4n) is 2.56. The summed E-state index contributed by atoms with van der Waals surface area (Å²) in [4.78, 5) is 26.9. The van der Waals surface area contributed by atoms with E-state index in [2.05, 4.69) is 0 Å². The molecule has 1 aliphatic heterocycles. The van der Waals surface area contributed by atoms with Crippen molar-refractivity contribution in [1.29, 1.82) is 0 Å². The molecule has 2 heterocycles. The highest BCUT2D eigenvalue weighted by atomic mass is 32.2. The zero-order valence-corrected chi connectivity index (χ0v) is 15.9. The summed E-state index contributed by atoms with van der Waals surface area (Å²) in [7, 11) is 3.96. The van der Waals surface area contributed by atoms with Gasteiger partial charge in [-0.25, -0.2) is 0 Å². The van der Waals surface area contributed by atoms with Gasteiger partial charge in [-0.2, -0.15) is 0 Å². The van der Waals surface area contributed by atoms with Gasteiger partial charge in [0, 0.05) is 37.4 Å². The van der Waals surface area contributed by atoms with Crippen molar-refractivity contribution in [3.63, 3.8) is 0 Å². The Morgan fingerprint density at radius 2 is 1.96 bits per heavy atom. The highest BCUT2D eigenvalue weighted by Gasteiger charge is 2.33. The average Bonchev–Trinajstić information content (AvgIpc) is 3.15. The lowest BCUT2D eigenvalue weighted by Crippen LogP contribution is -2.33. The van der Waals surface area contributed by atoms with Crippen molar-refractivity contribution in [3.05, 3.63) is 53.2 Å². The van der Waals surface area contributed by atoms with Gasteiger partial charge >= 0.3 is 5.97 Å². The number of carbonyl (C=O) groups is 2.